The van der Waals surface area contributed by atoms with E-state index in [4.69, 9.17) is 0 Å². The Hall–Kier alpha value is -2.99. The highest BCUT2D eigenvalue weighted by molar-refractivity contribution is 7.99. The first-order valence-electron chi connectivity index (χ1n) is 8.03. The average Bonchev–Trinajstić information content (AvgIpc) is 2.67. The van der Waals surface area contributed by atoms with Crippen LogP contribution in [0.1, 0.15) is 17.3 Å². The van der Waals surface area contributed by atoms with Crippen LogP contribution < -0.4 is 5.32 Å². The fourth-order valence-electron chi connectivity index (χ4n) is 2.34. The summed E-state index contributed by atoms with van der Waals surface area (Å²) < 4.78 is 0. The van der Waals surface area contributed by atoms with Crippen molar-refractivity contribution < 1.29 is 9.59 Å². The predicted octanol–water partition coefficient (Wildman–Crippen LogP) is 4.08. The maximum Gasteiger partial charge on any atom is 0.234 e. The molecular weight excluding hydrogens is 346 g/mol. The number of anilines is 1. The van der Waals surface area contributed by atoms with Gasteiger partial charge in [0.25, 0.3) is 0 Å². The summed E-state index contributed by atoms with van der Waals surface area (Å²) in [7, 11) is 0. The Morgan fingerprint density at radius 3 is 2.58 bits per heavy atom. The third-order valence-electron chi connectivity index (χ3n) is 3.62. The van der Waals surface area contributed by atoms with Gasteiger partial charge in [-0.1, -0.05) is 54.2 Å². The van der Waals surface area contributed by atoms with Gasteiger partial charge >= 0.3 is 0 Å². The van der Waals surface area contributed by atoms with Gasteiger partial charge in [-0.25, -0.2) is 9.97 Å². The molecule has 0 aliphatic carbocycles. The Morgan fingerprint density at radius 1 is 1.00 bits per heavy atom. The normalized spacial score (nSPS) is 10.3. The number of benzene rings is 2. The van der Waals surface area contributed by atoms with E-state index in [1.165, 1.54) is 25.0 Å². The maximum absolute atomic E-state index is 12.2. The number of thioether (sulfide) groups is 1. The molecule has 1 heterocycles. The summed E-state index contributed by atoms with van der Waals surface area (Å²) in [6.45, 7) is 1.50. The monoisotopic (exact) mass is 363 g/mol. The predicted molar refractivity (Wildman–Crippen MR) is 103 cm³/mol. The number of nitrogens with one attached hydrogen (secondary N) is 1. The van der Waals surface area contributed by atoms with E-state index in [2.05, 4.69) is 15.3 Å². The van der Waals surface area contributed by atoms with E-state index in [1.807, 2.05) is 36.4 Å². The van der Waals surface area contributed by atoms with Crippen molar-refractivity contribution in [3.63, 3.8) is 0 Å². The molecule has 0 unspecified atom stereocenters. The second kappa shape index (κ2) is 8.40. The van der Waals surface area contributed by atoms with Crippen LogP contribution in [0.5, 0.6) is 0 Å². The van der Waals surface area contributed by atoms with Crippen LogP contribution in [-0.4, -0.2) is 27.4 Å². The topological polar surface area (TPSA) is 72.0 Å². The van der Waals surface area contributed by atoms with Crippen LogP contribution in [0.25, 0.3) is 11.3 Å². The number of hydrogen-bond donors (Lipinski definition) is 1. The smallest absolute Gasteiger partial charge is 0.234 e. The lowest BCUT2D eigenvalue weighted by atomic mass is 10.1. The molecule has 0 spiro atoms. The molecule has 2 aromatic carbocycles. The molecule has 1 aromatic heterocycles. The van der Waals surface area contributed by atoms with Crippen molar-refractivity contribution in [2.45, 2.75) is 11.9 Å². The van der Waals surface area contributed by atoms with Gasteiger partial charge in [0, 0.05) is 16.8 Å². The van der Waals surface area contributed by atoms with Crippen LogP contribution in [0.2, 0.25) is 0 Å². The quantitative estimate of drug-likeness (QED) is 0.406. The number of rotatable bonds is 6. The summed E-state index contributed by atoms with van der Waals surface area (Å²) in [5.74, 6) is 0.0238. The number of ketones is 1. The van der Waals surface area contributed by atoms with Crippen LogP contribution in [0.15, 0.2) is 72.0 Å². The molecule has 1 N–H and O–H groups in total. The van der Waals surface area contributed by atoms with Crippen molar-refractivity contribution in [2.24, 2.45) is 0 Å². The highest BCUT2D eigenvalue weighted by Gasteiger charge is 2.08. The molecule has 0 fully saturated rings. The minimum atomic E-state index is -0.157. The molecule has 5 nitrogen and oxygen atoms in total. The minimum absolute atomic E-state index is 0.0371. The summed E-state index contributed by atoms with van der Waals surface area (Å²) in [5, 5.41) is 3.53. The molecule has 0 bridgehead atoms. The number of carbonyl (C=O) groups is 2. The third kappa shape index (κ3) is 4.77. The fourth-order valence-corrected chi connectivity index (χ4v) is 3.01. The second-order valence-corrected chi connectivity index (χ2v) is 6.58. The zero-order valence-corrected chi connectivity index (χ0v) is 15.0. The Labute approximate surface area is 155 Å². The van der Waals surface area contributed by atoms with E-state index < -0.39 is 0 Å². The molecule has 6 heteroatoms. The molecule has 26 heavy (non-hydrogen) atoms. The summed E-state index contributed by atoms with van der Waals surface area (Å²) in [4.78, 5) is 32.1. The van der Waals surface area contributed by atoms with Gasteiger partial charge in [0.2, 0.25) is 5.91 Å². The summed E-state index contributed by atoms with van der Waals surface area (Å²) in [6.07, 6.45) is 1.50. The molecule has 0 aliphatic rings. The maximum atomic E-state index is 12.2. The highest BCUT2D eigenvalue weighted by Crippen LogP contribution is 2.22. The van der Waals surface area contributed by atoms with Crippen molar-refractivity contribution in [1.29, 1.82) is 0 Å². The van der Waals surface area contributed by atoms with E-state index in [1.54, 1.807) is 24.3 Å². The van der Waals surface area contributed by atoms with E-state index in [0.29, 0.717) is 11.3 Å². The van der Waals surface area contributed by atoms with Gasteiger partial charge in [-0.05, 0) is 25.1 Å². The first-order chi connectivity index (χ1) is 12.6. The minimum Gasteiger partial charge on any atom is -0.325 e. The van der Waals surface area contributed by atoms with Crippen LogP contribution in [-0.2, 0) is 4.79 Å². The number of carbonyl (C=O) groups excluding carboxylic acids is 2. The Morgan fingerprint density at radius 2 is 1.81 bits per heavy atom. The van der Waals surface area contributed by atoms with Crippen molar-refractivity contribution in [1.82, 2.24) is 9.97 Å². The summed E-state index contributed by atoms with van der Waals surface area (Å²) in [5.41, 5.74) is 3.00. The van der Waals surface area contributed by atoms with Crippen molar-refractivity contribution in [3.05, 3.63) is 72.6 Å². The van der Waals surface area contributed by atoms with E-state index in [0.717, 1.165) is 16.3 Å². The van der Waals surface area contributed by atoms with Gasteiger partial charge < -0.3 is 5.32 Å². The first-order valence-corrected chi connectivity index (χ1v) is 9.01. The van der Waals surface area contributed by atoms with Gasteiger partial charge in [0.15, 0.2) is 5.78 Å². The lowest BCUT2D eigenvalue weighted by Gasteiger charge is -2.07. The molecule has 3 rings (SSSR count). The first kappa shape index (κ1) is 17.8. The van der Waals surface area contributed by atoms with Crippen LogP contribution >= 0.6 is 11.8 Å². The molecule has 0 saturated carbocycles. The number of amides is 1. The molecule has 3 aromatic rings. The molecule has 1 amide bonds. The van der Waals surface area contributed by atoms with Gasteiger partial charge in [-0.3, -0.25) is 9.59 Å². The van der Waals surface area contributed by atoms with Gasteiger partial charge in [0.1, 0.15) is 11.4 Å². The standard InChI is InChI=1S/C20H17N3O2S/c1-14(24)16-8-5-9-17(10-16)23-19(25)12-26-20-11-18(21-13-22-20)15-6-3-2-4-7-15/h2-11,13H,12H2,1H3,(H,23,25). The Balaban J connectivity index is 1.61. The number of nitrogens with zero attached hydrogens (tertiary/aromatic N) is 2. The molecule has 0 atom stereocenters. The molecule has 0 saturated heterocycles. The molecule has 0 aliphatic heterocycles. The lowest BCUT2D eigenvalue weighted by molar-refractivity contribution is -0.113. The summed E-state index contributed by atoms with van der Waals surface area (Å²) >= 11 is 1.34. The van der Waals surface area contributed by atoms with E-state index in [9.17, 15) is 9.59 Å². The number of hydrogen-bond acceptors (Lipinski definition) is 5. The SMILES string of the molecule is CC(=O)c1cccc(NC(=O)CSc2cc(-c3ccccc3)ncn2)c1. The van der Waals surface area contributed by atoms with Crippen molar-refractivity contribution in [3.8, 4) is 11.3 Å². The number of aromatic nitrogens is 2. The van der Waals surface area contributed by atoms with Crippen LogP contribution in [0.3, 0.4) is 0 Å². The highest BCUT2D eigenvalue weighted by atomic mass is 32.2. The summed E-state index contributed by atoms with van der Waals surface area (Å²) in [6, 6.07) is 18.6. The van der Waals surface area contributed by atoms with Crippen molar-refractivity contribution >= 4 is 29.1 Å². The second-order valence-electron chi connectivity index (χ2n) is 5.58. The molecular formula is C20H17N3O2S. The Bertz CT molecular complexity index is 929. The molecule has 0 radical (unpaired) electrons. The zero-order valence-electron chi connectivity index (χ0n) is 14.2. The van der Waals surface area contributed by atoms with Gasteiger partial charge in [-0.15, -0.1) is 0 Å². The Kier molecular flexibility index (Phi) is 5.76. The molecule has 130 valence electrons. The lowest BCUT2D eigenvalue weighted by Crippen LogP contribution is -2.14. The van der Waals surface area contributed by atoms with E-state index in [-0.39, 0.29) is 17.4 Å². The van der Waals surface area contributed by atoms with Crippen LogP contribution in [0, 0.1) is 0 Å². The average molecular weight is 363 g/mol. The zero-order chi connectivity index (χ0) is 18.4. The van der Waals surface area contributed by atoms with Gasteiger partial charge in [0.05, 0.1) is 11.4 Å². The largest absolute Gasteiger partial charge is 0.325 e. The van der Waals surface area contributed by atoms with Gasteiger partial charge in [-0.2, -0.15) is 0 Å². The van der Waals surface area contributed by atoms with Crippen molar-refractivity contribution in [2.75, 3.05) is 11.1 Å². The number of Topliss-reactive ketones (excluding diaryl/α,β-unsaturated/α-hetero) is 1. The third-order valence-corrected chi connectivity index (χ3v) is 4.54. The van der Waals surface area contributed by atoms with Crippen LogP contribution in [0.4, 0.5) is 5.69 Å². The fraction of sp³-hybridized carbons (Fsp3) is 0.100. The van der Waals surface area contributed by atoms with E-state index >= 15 is 0 Å².